The maximum Gasteiger partial charge on any atom is 0.310 e. The standard InChI is InChI=1S/C17H24O4/c1-15(2)16(3,14(19)20)9-10-17(15,21)11-13(18)12-7-5-4-6-8-12/h4-8,13,18,21H,9-11H2,1-3H3,(H,19,20). The van der Waals surface area contributed by atoms with Crippen LogP contribution in [0.5, 0.6) is 0 Å². The molecule has 4 heteroatoms. The number of hydrogen-bond donors (Lipinski definition) is 3. The number of benzene rings is 1. The summed E-state index contributed by atoms with van der Waals surface area (Å²) in [5.41, 5.74) is -2.26. The maximum absolute atomic E-state index is 11.6. The summed E-state index contributed by atoms with van der Waals surface area (Å²) in [4.78, 5) is 11.6. The Kier molecular flexibility index (Phi) is 3.89. The highest BCUT2D eigenvalue weighted by molar-refractivity contribution is 5.76. The zero-order chi connectivity index (χ0) is 15.9. The number of aliphatic hydroxyl groups is 2. The number of hydrogen-bond acceptors (Lipinski definition) is 3. The Morgan fingerprint density at radius 2 is 1.76 bits per heavy atom. The summed E-state index contributed by atoms with van der Waals surface area (Å²) < 4.78 is 0. The van der Waals surface area contributed by atoms with E-state index in [1.807, 2.05) is 30.3 Å². The summed E-state index contributed by atoms with van der Waals surface area (Å²) >= 11 is 0. The summed E-state index contributed by atoms with van der Waals surface area (Å²) in [5, 5.41) is 30.9. The van der Waals surface area contributed by atoms with Gasteiger partial charge in [0, 0.05) is 11.8 Å². The molecule has 0 heterocycles. The highest BCUT2D eigenvalue weighted by Gasteiger charge is 2.63. The minimum Gasteiger partial charge on any atom is -0.481 e. The second kappa shape index (κ2) is 5.11. The van der Waals surface area contributed by atoms with Gasteiger partial charge in [-0.05, 0) is 25.3 Å². The molecule has 0 spiro atoms. The van der Waals surface area contributed by atoms with Crippen molar-refractivity contribution in [3.05, 3.63) is 35.9 Å². The van der Waals surface area contributed by atoms with Crippen molar-refractivity contribution in [2.45, 2.75) is 51.7 Å². The van der Waals surface area contributed by atoms with Crippen LogP contribution in [0.1, 0.15) is 51.7 Å². The molecule has 0 aromatic heterocycles. The van der Waals surface area contributed by atoms with Crippen molar-refractivity contribution < 1.29 is 20.1 Å². The summed E-state index contributed by atoms with van der Waals surface area (Å²) in [6.07, 6.45) is 0.138. The summed E-state index contributed by atoms with van der Waals surface area (Å²) in [6.45, 7) is 5.25. The highest BCUT2D eigenvalue weighted by atomic mass is 16.4. The molecule has 0 aliphatic heterocycles. The first-order valence-corrected chi connectivity index (χ1v) is 7.33. The Morgan fingerprint density at radius 1 is 1.19 bits per heavy atom. The van der Waals surface area contributed by atoms with Gasteiger partial charge in [-0.25, -0.2) is 0 Å². The predicted molar refractivity (Wildman–Crippen MR) is 79.7 cm³/mol. The minimum atomic E-state index is -1.20. The highest BCUT2D eigenvalue weighted by Crippen LogP contribution is 2.60. The van der Waals surface area contributed by atoms with Crippen molar-refractivity contribution in [1.29, 1.82) is 0 Å². The topological polar surface area (TPSA) is 77.8 Å². The summed E-state index contributed by atoms with van der Waals surface area (Å²) in [7, 11) is 0. The van der Waals surface area contributed by atoms with Crippen LogP contribution in [0.3, 0.4) is 0 Å². The minimum absolute atomic E-state index is 0.146. The van der Waals surface area contributed by atoms with Crippen LogP contribution >= 0.6 is 0 Å². The van der Waals surface area contributed by atoms with Gasteiger partial charge in [0.05, 0.1) is 17.1 Å². The predicted octanol–water partition coefficient (Wildman–Crippen LogP) is 2.75. The number of carboxylic acids is 1. The third kappa shape index (κ3) is 2.36. The van der Waals surface area contributed by atoms with Gasteiger partial charge in [-0.15, -0.1) is 0 Å². The molecule has 1 aliphatic carbocycles. The smallest absolute Gasteiger partial charge is 0.310 e. The number of aliphatic hydroxyl groups excluding tert-OH is 1. The van der Waals surface area contributed by atoms with Crippen LogP contribution in [0.4, 0.5) is 0 Å². The van der Waals surface area contributed by atoms with Crippen molar-refractivity contribution in [1.82, 2.24) is 0 Å². The molecule has 1 aliphatic rings. The Labute approximate surface area is 125 Å². The van der Waals surface area contributed by atoms with Crippen LogP contribution < -0.4 is 0 Å². The monoisotopic (exact) mass is 292 g/mol. The van der Waals surface area contributed by atoms with Gasteiger partial charge in [0.2, 0.25) is 0 Å². The third-order valence-corrected chi connectivity index (χ3v) is 5.77. The fourth-order valence-electron chi connectivity index (χ4n) is 3.44. The molecule has 2 rings (SSSR count). The lowest BCUT2D eigenvalue weighted by Crippen LogP contribution is -2.50. The number of carboxylic acid groups (broad SMARTS) is 1. The van der Waals surface area contributed by atoms with E-state index in [0.29, 0.717) is 12.8 Å². The lowest BCUT2D eigenvalue weighted by Gasteiger charge is -2.44. The van der Waals surface area contributed by atoms with Gasteiger partial charge in [-0.3, -0.25) is 4.79 Å². The Morgan fingerprint density at radius 3 is 2.24 bits per heavy atom. The molecule has 4 nitrogen and oxygen atoms in total. The third-order valence-electron chi connectivity index (χ3n) is 5.77. The van der Waals surface area contributed by atoms with E-state index >= 15 is 0 Å². The Hall–Kier alpha value is -1.39. The second-order valence-electron chi connectivity index (χ2n) is 6.92. The molecule has 0 bridgehead atoms. The van der Waals surface area contributed by atoms with Gasteiger partial charge in [0.25, 0.3) is 0 Å². The van der Waals surface area contributed by atoms with E-state index in [1.54, 1.807) is 20.8 Å². The van der Waals surface area contributed by atoms with Gasteiger partial charge < -0.3 is 15.3 Å². The van der Waals surface area contributed by atoms with Crippen molar-refractivity contribution in [2.24, 2.45) is 10.8 Å². The van der Waals surface area contributed by atoms with E-state index in [-0.39, 0.29) is 6.42 Å². The average Bonchev–Trinajstić information content (AvgIpc) is 2.61. The van der Waals surface area contributed by atoms with Gasteiger partial charge >= 0.3 is 5.97 Å². The average molecular weight is 292 g/mol. The van der Waals surface area contributed by atoms with E-state index in [9.17, 15) is 20.1 Å². The lowest BCUT2D eigenvalue weighted by molar-refractivity contribution is -0.164. The summed E-state index contributed by atoms with van der Waals surface area (Å²) in [5.74, 6) is -0.891. The fourth-order valence-corrected chi connectivity index (χ4v) is 3.44. The van der Waals surface area contributed by atoms with Crippen LogP contribution in [0.15, 0.2) is 30.3 Å². The SMILES string of the molecule is CC1(C(=O)O)CCC(O)(CC(O)c2ccccc2)C1(C)C. The van der Waals surface area contributed by atoms with Gasteiger partial charge in [0.15, 0.2) is 0 Å². The van der Waals surface area contributed by atoms with Crippen molar-refractivity contribution in [3.63, 3.8) is 0 Å². The molecule has 3 unspecified atom stereocenters. The molecule has 3 atom stereocenters. The first kappa shape index (κ1) is 16.0. The zero-order valence-electron chi connectivity index (χ0n) is 12.8. The number of rotatable bonds is 4. The van der Waals surface area contributed by atoms with Crippen molar-refractivity contribution >= 4 is 5.97 Å². The van der Waals surface area contributed by atoms with E-state index in [1.165, 1.54) is 0 Å². The van der Waals surface area contributed by atoms with Gasteiger partial charge in [-0.1, -0.05) is 44.2 Å². The maximum atomic E-state index is 11.6. The molecule has 1 aromatic rings. The quantitative estimate of drug-likeness (QED) is 0.797. The van der Waals surface area contributed by atoms with Crippen LogP contribution in [-0.2, 0) is 4.79 Å². The van der Waals surface area contributed by atoms with Crippen LogP contribution in [0.25, 0.3) is 0 Å². The molecule has 1 saturated carbocycles. The molecule has 1 fully saturated rings. The molecule has 0 saturated heterocycles. The summed E-state index contributed by atoms with van der Waals surface area (Å²) in [6, 6.07) is 9.16. The van der Waals surface area contributed by atoms with Crippen LogP contribution in [-0.4, -0.2) is 26.9 Å². The van der Waals surface area contributed by atoms with E-state index in [0.717, 1.165) is 5.56 Å². The van der Waals surface area contributed by atoms with Crippen molar-refractivity contribution in [2.75, 3.05) is 0 Å². The van der Waals surface area contributed by atoms with Crippen LogP contribution in [0, 0.1) is 10.8 Å². The lowest BCUT2D eigenvalue weighted by atomic mass is 9.62. The first-order chi connectivity index (χ1) is 9.64. The Balaban J connectivity index is 2.26. The fraction of sp³-hybridized carbons (Fsp3) is 0.588. The second-order valence-corrected chi connectivity index (χ2v) is 6.92. The van der Waals surface area contributed by atoms with Crippen molar-refractivity contribution in [3.8, 4) is 0 Å². The molecular formula is C17H24O4. The molecule has 0 radical (unpaired) electrons. The van der Waals surface area contributed by atoms with E-state index < -0.39 is 28.5 Å². The largest absolute Gasteiger partial charge is 0.481 e. The molecule has 0 amide bonds. The zero-order valence-corrected chi connectivity index (χ0v) is 12.8. The van der Waals surface area contributed by atoms with E-state index in [4.69, 9.17) is 0 Å². The molecule has 1 aromatic carbocycles. The number of carbonyl (C=O) groups is 1. The van der Waals surface area contributed by atoms with Gasteiger partial charge in [-0.2, -0.15) is 0 Å². The normalized spacial score (nSPS) is 32.8. The van der Waals surface area contributed by atoms with Crippen LogP contribution in [0.2, 0.25) is 0 Å². The molecule has 21 heavy (non-hydrogen) atoms. The number of aliphatic carboxylic acids is 1. The Bertz CT molecular complexity index is 525. The molecule has 116 valence electrons. The molecular weight excluding hydrogens is 268 g/mol. The molecule has 3 N–H and O–H groups in total. The first-order valence-electron chi connectivity index (χ1n) is 7.33. The van der Waals surface area contributed by atoms with E-state index in [2.05, 4.69) is 0 Å². The van der Waals surface area contributed by atoms with Gasteiger partial charge in [0.1, 0.15) is 0 Å².